The van der Waals surface area contributed by atoms with E-state index in [1.54, 1.807) is 6.26 Å². The first-order chi connectivity index (χ1) is 3.98. The van der Waals surface area contributed by atoms with E-state index < -0.39 is 0 Å². The zero-order valence-electron chi connectivity index (χ0n) is 6.22. The lowest BCUT2D eigenvalue weighted by atomic mass is 9.98. The first-order valence-corrected chi connectivity index (χ1v) is 3.88. The van der Waals surface area contributed by atoms with Crippen LogP contribution in [-0.2, 0) is 8.98 Å². The summed E-state index contributed by atoms with van der Waals surface area (Å²) in [6, 6.07) is 0. The molecule has 3 heteroatoms. The SMILES string of the molecule is CSOC(=O)C(C)(C)C. The monoisotopic (exact) mass is 148 g/mol. The van der Waals surface area contributed by atoms with Crippen molar-refractivity contribution in [2.24, 2.45) is 5.41 Å². The van der Waals surface area contributed by atoms with E-state index >= 15 is 0 Å². The van der Waals surface area contributed by atoms with E-state index in [9.17, 15) is 4.79 Å². The Morgan fingerprint density at radius 3 is 2.00 bits per heavy atom. The molecule has 0 heterocycles. The van der Waals surface area contributed by atoms with Gasteiger partial charge in [-0.25, -0.2) is 0 Å². The van der Waals surface area contributed by atoms with E-state index in [-0.39, 0.29) is 11.4 Å². The van der Waals surface area contributed by atoms with Gasteiger partial charge in [0.25, 0.3) is 0 Å². The molecule has 0 saturated heterocycles. The normalized spacial score (nSPS) is 11.1. The second-order valence-electron chi connectivity index (χ2n) is 2.79. The lowest BCUT2D eigenvalue weighted by molar-refractivity contribution is -0.141. The van der Waals surface area contributed by atoms with Crippen LogP contribution in [-0.4, -0.2) is 12.2 Å². The summed E-state index contributed by atoms with van der Waals surface area (Å²) in [4.78, 5) is 10.8. The Labute approximate surface area is 60.2 Å². The summed E-state index contributed by atoms with van der Waals surface area (Å²) in [5.74, 6) is -0.171. The summed E-state index contributed by atoms with van der Waals surface area (Å²) >= 11 is 1.09. The molecule has 0 amide bonds. The zero-order valence-corrected chi connectivity index (χ0v) is 7.04. The van der Waals surface area contributed by atoms with Crippen molar-refractivity contribution in [3.05, 3.63) is 0 Å². The molecule has 0 fully saturated rings. The molecule has 0 spiro atoms. The largest absolute Gasteiger partial charge is 0.391 e. The average Bonchev–Trinajstić information content (AvgIpc) is 1.64. The van der Waals surface area contributed by atoms with Crippen LogP contribution in [0.4, 0.5) is 0 Å². The summed E-state index contributed by atoms with van der Waals surface area (Å²) in [5.41, 5.74) is -0.372. The van der Waals surface area contributed by atoms with E-state index in [0.717, 1.165) is 12.0 Å². The highest BCUT2D eigenvalue weighted by Gasteiger charge is 2.22. The predicted molar refractivity (Wildman–Crippen MR) is 39.1 cm³/mol. The Bertz CT molecular complexity index is 104. The topological polar surface area (TPSA) is 26.3 Å². The molecule has 54 valence electrons. The van der Waals surface area contributed by atoms with Crippen molar-refractivity contribution >= 4 is 18.0 Å². The molecule has 0 aliphatic carbocycles. The Morgan fingerprint density at radius 2 is 1.89 bits per heavy atom. The summed E-state index contributed by atoms with van der Waals surface area (Å²) in [6.45, 7) is 5.47. The number of hydrogen-bond acceptors (Lipinski definition) is 3. The summed E-state index contributed by atoms with van der Waals surface area (Å²) in [6.07, 6.45) is 1.73. The molecular formula is C6H12O2S. The molecule has 0 aliphatic heterocycles. The minimum atomic E-state index is -0.372. The van der Waals surface area contributed by atoms with Gasteiger partial charge in [0.1, 0.15) is 0 Å². The standard InChI is InChI=1S/C6H12O2S/c1-6(2,3)5(7)8-9-4/h1-4H3. The van der Waals surface area contributed by atoms with Gasteiger partial charge in [-0.15, -0.1) is 0 Å². The van der Waals surface area contributed by atoms with Gasteiger partial charge in [0.05, 0.1) is 17.5 Å². The van der Waals surface area contributed by atoms with E-state index in [4.69, 9.17) is 0 Å². The predicted octanol–water partition coefficient (Wildman–Crippen LogP) is 1.85. The third-order valence-corrected chi connectivity index (χ3v) is 1.09. The second kappa shape index (κ2) is 3.11. The Hall–Kier alpha value is -0.180. The van der Waals surface area contributed by atoms with Crippen LogP contribution < -0.4 is 0 Å². The van der Waals surface area contributed by atoms with Crippen molar-refractivity contribution in [1.82, 2.24) is 0 Å². The second-order valence-corrected chi connectivity index (χ2v) is 3.29. The highest BCUT2D eigenvalue weighted by molar-refractivity contribution is 7.94. The van der Waals surface area contributed by atoms with Crippen molar-refractivity contribution in [2.45, 2.75) is 20.8 Å². The molecule has 9 heavy (non-hydrogen) atoms. The lowest BCUT2D eigenvalue weighted by Crippen LogP contribution is -2.20. The van der Waals surface area contributed by atoms with E-state index in [1.165, 1.54) is 0 Å². The van der Waals surface area contributed by atoms with Crippen LogP contribution in [0.25, 0.3) is 0 Å². The van der Waals surface area contributed by atoms with Gasteiger partial charge in [0.2, 0.25) is 0 Å². The maximum absolute atomic E-state index is 10.8. The van der Waals surface area contributed by atoms with Crippen LogP contribution in [0.1, 0.15) is 20.8 Å². The molecule has 0 aromatic rings. The minimum absolute atomic E-state index is 0.171. The Kier molecular flexibility index (Phi) is 3.04. The quantitative estimate of drug-likeness (QED) is 0.531. The summed E-state index contributed by atoms with van der Waals surface area (Å²) < 4.78 is 4.68. The number of carbonyl (C=O) groups excluding carboxylic acids is 1. The molecule has 0 saturated carbocycles. The molecule has 0 aliphatic rings. The third kappa shape index (κ3) is 3.40. The van der Waals surface area contributed by atoms with Crippen molar-refractivity contribution in [2.75, 3.05) is 6.26 Å². The summed E-state index contributed by atoms with van der Waals surface area (Å²) in [7, 11) is 0. The van der Waals surface area contributed by atoms with Gasteiger partial charge >= 0.3 is 5.97 Å². The fourth-order valence-electron chi connectivity index (χ4n) is 0.201. The Balaban J connectivity index is 3.74. The Morgan fingerprint density at radius 1 is 1.44 bits per heavy atom. The molecule has 0 bridgehead atoms. The number of hydrogen-bond donors (Lipinski definition) is 0. The number of rotatable bonds is 1. The average molecular weight is 148 g/mol. The maximum Gasteiger partial charge on any atom is 0.323 e. The highest BCUT2D eigenvalue weighted by Crippen LogP contribution is 2.17. The molecule has 0 N–H and O–H groups in total. The fourth-order valence-corrected chi connectivity index (χ4v) is 0.602. The van der Waals surface area contributed by atoms with Crippen molar-refractivity contribution < 1.29 is 8.98 Å². The van der Waals surface area contributed by atoms with Crippen molar-refractivity contribution in [3.8, 4) is 0 Å². The molecule has 2 nitrogen and oxygen atoms in total. The van der Waals surface area contributed by atoms with Crippen LogP contribution in [0.15, 0.2) is 0 Å². The third-order valence-electron chi connectivity index (χ3n) is 0.771. The lowest BCUT2D eigenvalue weighted by Gasteiger charge is -2.13. The van der Waals surface area contributed by atoms with Crippen LogP contribution in [0, 0.1) is 5.41 Å². The van der Waals surface area contributed by atoms with Crippen LogP contribution >= 0.6 is 12.0 Å². The van der Waals surface area contributed by atoms with Crippen LogP contribution in [0.5, 0.6) is 0 Å². The van der Waals surface area contributed by atoms with Crippen molar-refractivity contribution in [3.63, 3.8) is 0 Å². The molecule has 0 radical (unpaired) electrons. The molecule has 0 rings (SSSR count). The molecule has 0 unspecified atom stereocenters. The molecular weight excluding hydrogens is 136 g/mol. The van der Waals surface area contributed by atoms with Gasteiger partial charge < -0.3 is 4.18 Å². The van der Waals surface area contributed by atoms with Gasteiger partial charge in [-0.2, -0.15) is 0 Å². The fraction of sp³-hybridized carbons (Fsp3) is 0.833. The zero-order chi connectivity index (χ0) is 7.49. The highest BCUT2D eigenvalue weighted by atomic mass is 32.2. The van der Waals surface area contributed by atoms with Gasteiger partial charge in [0.15, 0.2) is 0 Å². The van der Waals surface area contributed by atoms with E-state index in [0.29, 0.717) is 0 Å². The molecule has 0 atom stereocenters. The van der Waals surface area contributed by atoms with Crippen LogP contribution in [0.3, 0.4) is 0 Å². The van der Waals surface area contributed by atoms with Crippen molar-refractivity contribution in [1.29, 1.82) is 0 Å². The van der Waals surface area contributed by atoms with Gasteiger partial charge in [-0.05, 0) is 20.8 Å². The van der Waals surface area contributed by atoms with E-state index in [2.05, 4.69) is 4.18 Å². The van der Waals surface area contributed by atoms with E-state index in [1.807, 2.05) is 20.8 Å². The summed E-state index contributed by atoms with van der Waals surface area (Å²) in [5, 5.41) is 0. The molecule has 0 aromatic heterocycles. The van der Waals surface area contributed by atoms with Gasteiger partial charge in [-0.3, -0.25) is 4.79 Å². The number of carbonyl (C=O) groups is 1. The van der Waals surface area contributed by atoms with Crippen LogP contribution in [0.2, 0.25) is 0 Å². The van der Waals surface area contributed by atoms with Gasteiger partial charge in [-0.1, -0.05) is 0 Å². The maximum atomic E-state index is 10.8. The molecule has 0 aromatic carbocycles. The first-order valence-electron chi connectivity index (χ1n) is 2.73. The smallest absolute Gasteiger partial charge is 0.323 e. The first kappa shape index (κ1) is 8.82. The minimum Gasteiger partial charge on any atom is -0.391 e. The van der Waals surface area contributed by atoms with Gasteiger partial charge in [0, 0.05) is 6.26 Å².